The van der Waals surface area contributed by atoms with Crippen LogP contribution in [0.2, 0.25) is 0 Å². The molecule has 0 amide bonds. The van der Waals surface area contributed by atoms with Gasteiger partial charge in [0.1, 0.15) is 5.82 Å². The van der Waals surface area contributed by atoms with Gasteiger partial charge in [-0.15, -0.1) is 0 Å². The molecule has 0 bridgehead atoms. The number of nitrogens with zero attached hydrogens (tertiary/aromatic N) is 1. The summed E-state index contributed by atoms with van der Waals surface area (Å²) < 4.78 is 39.5. The minimum atomic E-state index is -3.54. The highest BCUT2D eigenvalue weighted by molar-refractivity contribution is 7.88. The summed E-state index contributed by atoms with van der Waals surface area (Å²) in [5.74, 6) is -0.831. The lowest BCUT2D eigenvalue weighted by molar-refractivity contribution is -0.00804. The Bertz CT molecular complexity index is 566. The molecule has 112 valence electrons. The second kappa shape index (κ2) is 5.79. The van der Waals surface area contributed by atoms with E-state index in [-0.39, 0.29) is 11.3 Å². The standard InChI is InChI=1S/C14H20FNO3S/c1-2-14(17)7-9-16(10-8-14)20(18,19)11-12-5-3-4-6-13(12)15/h3-6,17H,2,7-11H2,1H3. The number of aliphatic hydroxyl groups is 1. The van der Waals surface area contributed by atoms with E-state index in [0.717, 1.165) is 0 Å². The van der Waals surface area contributed by atoms with Crippen LogP contribution in [-0.2, 0) is 15.8 Å². The minimum absolute atomic E-state index is 0.184. The van der Waals surface area contributed by atoms with Gasteiger partial charge in [0.15, 0.2) is 0 Å². The molecule has 2 rings (SSSR count). The Kier molecular flexibility index (Phi) is 4.46. The normalized spacial score (nSPS) is 19.9. The van der Waals surface area contributed by atoms with Gasteiger partial charge in [0, 0.05) is 18.7 Å². The van der Waals surface area contributed by atoms with Crippen molar-refractivity contribution >= 4 is 10.0 Å². The Morgan fingerprint density at radius 2 is 1.90 bits per heavy atom. The second-order valence-corrected chi connectivity index (χ2v) is 7.29. The van der Waals surface area contributed by atoms with E-state index in [0.29, 0.717) is 32.4 Å². The van der Waals surface area contributed by atoms with Crippen LogP contribution in [-0.4, -0.2) is 36.5 Å². The van der Waals surface area contributed by atoms with Crippen molar-refractivity contribution < 1.29 is 17.9 Å². The van der Waals surface area contributed by atoms with E-state index in [2.05, 4.69) is 0 Å². The first-order valence-electron chi connectivity index (χ1n) is 6.80. The van der Waals surface area contributed by atoms with Crippen LogP contribution in [0.25, 0.3) is 0 Å². The van der Waals surface area contributed by atoms with Crippen LogP contribution in [0.1, 0.15) is 31.7 Å². The van der Waals surface area contributed by atoms with Crippen LogP contribution >= 0.6 is 0 Å². The van der Waals surface area contributed by atoms with E-state index in [1.54, 1.807) is 6.07 Å². The zero-order valence-electron chi connectivity index (χ0n) is 11.5. The van der Waals surface area contributed by atoms with Gasteiger partial charge >= 0.3 is 0 Å². The van der Waals surface area contributed by atoms with Crippen molar-refractivity contribution in [3.05, 3.63) is 35.6 Å². The summed E-state index contributed by atoms with van der Waals surface area (Å²) in [5, 5.41) is 10.1. The van der Waals surface area contributed by atoms with Gasteiger partial charge in [0.05, 0.1) is 11.4 Å². The summed E-state index contributed by atoms with van der Waals surface area (Å²) >= 11 is 0. The van der Waals surface area contributed by atoms with Crippen LogP contribution in [0.3, 0.4) is 0 Å². The number of rotatable bonds is 4. The summed E-state index contributed by atoms with van der Waals surface area (Å²) in [6.45, 7) is 2.48. The fourth-order valence-electron chi connectivity index (χ4n) is 2.44. The number of benzene rings is 1. The third-order valence-corrected chi connectivity index (χ3v) is 5.83. The van der Waals surface area contributed by atoms with Crippen molar-refractivity contribution in [1.82, 2.24) is 4.31 Å². The van der Waals surface area contributed by atoms with E-state index in [1.807, 2.05) is 6.92 Å². The van der Waals surface area contributed by atoms with Crippen molar-refractivity contribution in [3.63, 3.8) is 0 Å². The molecule has 1 fully saturated rings. The van der Waals surface area contributed by atoms with Gasteiger partial charge in [-0.25, -0.2) is 17.1 Å². The Morgan fingerprint density at radius 3 is 2.45 bits per heavy atom. The molecule has 0 unspecified atom stereocenters. The van der Waals surface area contributed by atoms with E-state index in [4.69, 9.17) is 0 Å². The molecule has 6 heteroatoms. The topological polar surface area (TPSA) is 57.6 Å². The number of sulfonamides is 1. The van der Waals surface area contributed by atoms with Crippen LogP contribution in [0.5, 0.6) is 0 Å². The molecule has 20 heavy (non-hydrogen) atoms. The maximum atomic E-state index is 13.5. The van der Waals surface area contributed by atoms with E-state index in [1.165, 1.54) is 22.5 Å². The van der Waals surface area contributed by atoms with E-state index in [9.17, 15) is 17.9 Å². The number of piperidine rings is 1. The Labute approximate surface area is 119 Å². The molecule has 0 atom stereocenters. The van der Waals surface area contributed by atoms with Crippen LogP contribution < -0.4 is 0 Å². The first-order valence-corrected chi connectivity index (χ1v) is 8.41. The fourth-order valence-corrected chi connectivity index (χ4v) is 3.99. The average Bonchev–Trinajstić information content (AvgIpc) is 2.42. The summed E-state index contributed by atoms with van der Waals surface area (Å²) in [6.07, 6.45) is 1.48. The minimum Gasteiger partial charge on any atom is -0.390 e. The van der Waals surface area contributed by atoms with Gasteiger partial charge < -0.3 is 5.11 Å². The molecule has 0 aliphatic carbocycles. The maximum Gasteiger partial charge on any atom is 0.218 e. The zero-order valence-corrected chi connectivity index (χ0v) is 12.4. The van der Waals surface area contributed by atoms with Gasteiger partial charge in [-0.05, 0) is 25.3 Å². The maximum absolute atomic E-state index is 13.5. The highest BCUT2D eigenvalue weighted by Crippen LogP contribution is 2.27. The monoisotopic (exact) mass is 301 g/mol. The quantitative estimate of drug-likeness (QED) is 0.924. The lowest BCUT2D eigenvalue weighted by Crippen LogP contribution is -2.46. The molecule has 1 aromatic rings. The molecule has 1 N–H and O–H groups in total. The molecule has 4 nitrogen and oxygen atoms in total. The molecule has 0 saturated carbocycles. The fraction of sp³-hybridized carbons (Fsp3) is 0.571. The Morgan fingerprint density at radius 1 is 1.30 bits per heavy atom. The van der Waals surface area contributed by atoms with Crippen LogP contribution in [0, 0.1) is 5.82 Å². The summed E-state index contributed by atoms with van der Waals surface area (Å²) in [6, 6.07) is 5.91. The number of hydrogen-bond donors (Lipinski definition) is 1. The predicted molar refractivity (Wildman–Crippen MR) is 75.1 cm³/mol. The van der Waals surface area contributed by atoms with Crippen LogP contribution in [0.15, 0.2) is 24.3 Å². The molecule has 1 aromatic carbocycles. The largest absolute Gasteiger partial charge is 0.390 e. The number of hydrogen-bond acceptors (Lipinski definition) is 3. The Hall–Kier alpha value is -0.980. The van der Waals surface area contributed by atoms with Crippen molar-refractivity contribution in [2.75, 3.05) is 13.1 Å². The van der Waals surface area contributed by atoms with Gasteiger partial charge in [-0.3, -0.25) is 0 Å². The van der Waals surface area contributed by atoms with Crippen LogP contribution in [0.4, 0.5) is 4.39 Å². The molecular formula is C14H20FNO3S. The van der Waals surface area contributed by atoms with Gasteiger partial charge in [0.25, 0.3) is 0 Å². The Balaban J connectivity index is 2.07. The molecule has 1 aliphatic heterocycles. The van der Waals surface area contributed by atoms with Gasteiger partial charge in [-0.1, -0.05) is 25.1 Å². The summed E-state index contributed by atoms with van der Waals surface area (Å²) in [5.41, 5.74) is -0.576. The molecule has 1 aliphatic rings. The first kappa shape index (κ1) is 15.4. The van der Waals surface area contributed by atoms with Crippen molar-refractivity contribution in [2.24, 2.45) is 0 Å². The summed E-state index contributed by atoms with van der Waals surface area (Å²) in [4.78, 5) is 0. The molecular weight excluding hydrogens is 281 g/mol. The molecule has 0 aromatic heterocycles. The molecule has 0 spiro atoms. The highest BCUT2D eigenvalue weighted by atomic mass is 32.2. The number of halogens is 1. The lowest BCUT2D eigenvalue weighted by Gasteiger charge is -2.36. The first-order chi connectivity index (χ1) is 9.36. The summed E-state index contributed by atoms with van der Waals surface area (Å²) in [7, 11) is -3.54. The van der Waals surface area contributed by atoms with E-state index >= 15 is 0 Å². The van der Waals surface area contributed by atoms with Crippen molar-refractivity contribution in [1.29, 1.82) is 0 Å². The SMILES string of the molecule is CCC1(O)CCN(S(=O)(=O)Cc2ccccc2F)CC1. The highest BCUT2D eigenvalue weighted by Gasteiger charge is 2.35. The molecule has 0 radical (unpaired) electrons. The smallest absolute Gasteiger partial charge is 0.218 e. The predicted octanol–water partition coefficient (Wildman–Crippen LogP) is 1.89. The van der Waals surface area contributed by atoms with Gasteiger partial charge in [-0.2, -0.15) is 0 Å². The van der Waals surface area contributed by atoms with Crippen molar-refractivity contribution in [2.45, 2.75) is 37.5 Å². The zero-order chi connectivity index (χ0) is 14.8. The van der Waals surface area contributed by atoms with E-state index < -0.39 is 21.4 Å². The average molecular weight is 301 g/mol. The van der Waals surface area contributed by atoms with Crippen molar-refractivity contribution in [3.8, 4) is 0 Å². The van der Waals surface area contributed by atoms with Gasteiger partial charge in [0.2, 0.25) is 10.0 Å². The third kappa shape index (κ3) is 3.37. The molecule has 1 heterocycles. The lowest BCUT2D eigenvalue weighted by atomic mass is 9.90. The molecule has 1 saturated heterocycles. The third-order valence-electron chi connectivity index (χ3n) is 4.00. The second-order valence-electron chi connectivity index (χ2n) is 5.32.